The first kappa shape index (κ1) is 22.9. The molecule has 0 fully saturated rings. The lowest BCUT2D eigenvalue weighted by Gasteiger charge is -2.11. The van der Waals surface area contributed by atoms with Crippen molar-refractivity contribution < 1.29 is 23.8 Å². The molecule has 0 aliphatic rings. The highest BCUT2D eigenvalue weighted by Crippen LogP contribution is 2.25. The molecule has 3 aromatic rings. The summed E-state index contributed by atoms with van der Waals surface area (Å²) in [6, 6.07) is 9.99. The van der Waals surface area contributed by atoms with Crippen molar-refractivity contribution in [3.8, 4) is 5.75 Å². The van der Waals surface area contributed by atoms with Crippen LogP contribution in [0.5, 0.6) is 5.75 Å². The lowest BCUT2D eigenvalue weighted by molar-refractivity contribution is -0.136. The third-order valence-electron chi connectivity index (χ3n) is 4.93. The number of anilines is 2. The molecule has 0 saturated carbocycles. The number of benzene rings is 2. The number of Topliss-reactive ketones (excluding diaryl/α,β-unsaturated/α-hetero) is 1. The molecule has 0 aliphatic heterocycles. The number of nitrogens with one attached hydrogen (secondary N) is 1. The minimum absolute atomic E-state index is 0.0343. The average Bonchev–Trinajstić information content (AvgIpc) is 2.79. The molecule has 2 aromatic carbocycles. The second-order valence-electron chi connectivity index (χ2n) is 7.24. The summed E-state index contributed by atoms with van der Waals surface area (Å²) in [4.78, 5) is 31.4. The van der Waals surface area contributed by atoms with Crippen LogP contribution in [-0.4, -0.2) is 33.9 Å². The van der Waals surface area contributed by atoms with Gasteiger partial charge in [0.15, 0.2) is 17.3 Å². The van der Waals surface area contributed by atoms with Crippen LogP contribution in [0.4, 0.5) is 16.0 Å². The summed E-state index contributed by atoms with van der Waals surface area (Å²) in [5, 5.41) is 11.9. The number of methoxy groups -OCH3 is 1. The Labute approximate surface area is 185 Å². The lowest BCUT2D eigenvalue weighted by Crippen LogP contribution is -2.05. The largest absolute Gasteiger partial charge is 0.494 e. The zero-order valence-electron chi connectivity index (χ0n) is 17.9. The standard InChI is InChI=1S/C24H24FN3O4/c1-3-20(29)18-11-17(23(25)21(12-18)32-2)7-4-16-13-26-24(27-14-16)28-19-8-5-15(6-9-19)10-22(30)31/h5-6,8-9,11-14H,3-4,7,10H2,1-2H3,(H,30,31)(H,26,27,28). The highest BCUT2D eigenvalue weighted by atomic mass is 19.1. The van der Waals surface area contributed by atoms with E-state index in [9.17, 15) is 14.0 Å². The topological polar surface area (TPSA) is 101 Å². The van der Waals surface area contributed by atoms with Crippen molar-refractivity contribution in [2.75, 3.05) is 12.4 Å². The summed E-state index contributed by atoms with van der Waals surface area (Å²) < 4.78 is 19.7. The molecule has 32 heavy (non-hydrogen) atoms. The summed E-state index contributed by atoms with van der Waals surface area (Å²) in [5.74, 6) is -0.968. The zero-order chi connectivity index (χ0) is 23.1. The van der Waals surface area contributed by atoms with Gasteiger partial charge in [-0.15, -0.1) is 0 Å². The van der Waals surface area contributed by atoms with E-state index in [1.807, 2.05) is 0 Å². The van der Waals surface area contributed by atoms with Crippen molar-refractivity contribution >= 4 is 23.4 Å². The maximum atomic E-state index is 14.6. The van der Waals surface area contributed by atoms with E-state index in [0.29, 0.717) is 41.9 Å². The number of aliphatic carboxylic acids is 1. The van der Waals surface area contributed by atoms with Gasteiger partial charge in [0.2, 0.25) is 5.95 Å². The van der Waals surface area contributed by atoms with E-state index in [2.05, 4.69) is 15.3 Å². The Bertz CT molecular complexity index is 1100. The summed E-state index contributed by atoms with van der Waals surface area (Å²) >= 11 is 0. The molecule has 0 spiro atoms. The van der Waals surface area contributed by atoms with Crippen molar-refractivity contribution in [1.29, 1.82) is 0 Å². The molecule has 0 bridgehead atoms. The maximum Gasteiger partial charge on any atom is 0.307 e. The number of aryl methyl sites for hydroxylation is 2. The molecule has 0 atom stereocenters. The number of ketones is 1. The number of aromatic nitrogens is 2. The lowest BCUT2D eigenvalue weighted by atomic mass is 10.00. The fraction of sp³-hybridized carbons (Fsp3) is 0.250. The number of rotatable bonds is 10. The van der Waals surface area contributed by atoms with E-state index in [-0.39, 0.29) is 18.0 Å². The van der Waals surface area contributed by atoms with Crippen LogP contribution in [0.1, 0.15) is 40.4 Å². The Morgan fingerprint density at radius 2 is 1.75 bits per heavy atom. The fourth-order valence-electron chi connectivity index (χ4n) is 3.19. The molecule has 2 N–H and O–H groups in total. The van der Waals surface area contributed by atoms with Gasteiger partial charge >= 0.3 is 5.97 Å². The molecular formula is C24H24FN3O4. The number of carboxylic acids is 1. The quantitative estimate of drug-likeness (QED) is 0.454. The first-order valence-electron chi connectivity index (χ1n) is 10.2. The minimum Gasteiger partial charge on any atom is -0.494 e. The van der Waals surface area contributed by atoms with Crippen molar-refractivity contribution in [1.82, 2.24) is 9.97 Å². The van der Waals surface area contributed by atoms with Crippen molar-refractivity contribution in [2.24, 2.45) is 0 Å². The summed E-state index contributed by atoms with van der Waals surface area (Å²) in [7, 11) is 1.38. The number of carbonyl (C=O) groups is 2. The maximum absolute atomic E-state index is 14.6. The molecule has 166 valence electrons. The summed E-state index contributed by atoms with van der Waals surface area (Å²) in [6.07, 6.45) is 4.48. The van der Waals surface area contributed by atoms with E-state index in [4.69, 9.17) is 9.84 Å². The van der Waals surface area contributed by atoms with Gasteiger partial charge in [0.25, 0.3) is 0 Å². The highest BCUT2D eigenvalue weighted by Gasteiger charge is 2.15. The van der Waals surface area contributed by atoms with E-state index >= 15 is 0 Å². The number of halogens is 1. The van der Waals surface area contributed by atoms with Crippen LogP contribution in [-0.2, 0) is 24.1 Å². The van der Waals surface area contributed by atoms with Crippen molar-refractivity contribution in [3.05, 3.63) is 76.9 Å². The Balaban J connectivity index is 1.65. The van der Waals surface area contributed by atoms with Crippen LogP contribution in [0, 0.1) is 5.82 Å². The Morgan fingerprint density at radius 3 is 2.34 bits per heavy atom. The SMILES string of the molecule is CCC(=O)c1cc(CCc2cnc(Nc3ccc(CC(=O)O)cc3)nc2)c(F)c(OC)c1. The number of carbonyl (C=O) groups excluding carboxylic acids is 1. The second kappa shape index (κ2) is 10.5. The molecule has 1 heterocycles. The second-order valence-corrected chi connectivity index (χ2v) is 7.24. The minimum atomic E-state index is -0.883. The number of nitrogens with zero attached hydrogens (tertiary/aromatic N) is 2. The monoisotopic (exact) mass is 437 g/mol. The number of carboxylic acid groups (broad SMARTS) is 1. The molecule has 8 heteroatoms. The summed E-state index contributed by atoms with van der Waals surface area (Å²) in [6.45, 7) is 1.76. The van der Waals surface area contributed by atoms with Crippen molar-refractivity contribution in [2.45, 2.75) is 32.6 Å². The normalized spacial score (nSPS) is 10.6. The Kier molecular flexibility index (Phi) is 7.49. The zero-order valence-corrected chi connectivity index (χ0v) is 17.9. The van der Waals surface area contributed by atoms with Crippen LogP contribution < -0.4 is 10.1 Å². The van der Waals surface area contributed by atoms with Gasteiger partial charge in [-0.05, 0) is 53.8 Å². The molecule has 0 saturated heterocycles. The van der Waals surface area contributed by atoms with Gasteiger partial charge in [0, 0.05) is 30.1 Å². The van der Waals surface area contributed by atoms with E-state index < -0.39 is 11.8 Å². The third kappa shape index (κ3) is 5.87. The van der Waals surface area contributed by atoms with Crippen LogP contribution in [0.3, 0.4) is 0 Å². The predicted molar refractivity (Wildman–Crippen MR) is 118 cm³/mol. The summed E-state index contributed by atoms with van der Waals surface area (Å²) in [5.41, 5.74) is 3.10. The number of ether oxygens (including phenoxy) is 1. The fourth-order valence-corrected chi connectivity index (χ4v) is 3.19. The molecule has 7 nitrogen and oxygen atoms in total. The first-order valence-corrected chi connectivity index (χ1v) is 10.2. The van der Waals surface area contributed by atoms with Gasteiger partial charge in [0.05, 0.1) is 13.5 Å². The van der Waals surface area contributed by atoms with Gasteiger partial charge in [0.1, 0.15) is 0 Å². The molecule has 0 unspecified atom stereocenters. The Hall–Kier alpha value is -3.81. The van der Waals surface area contributed by atoms with Crippen molar-refractivity contribution in [3.63, 3.8) is 0 Å². The van der Waals surface area contributed by atoms with E-state index in [1.165, 1.54) is 13.2 Å². The van der Waals surface area contributed by atoms with Gasteiger partial charge < -0.3 is 15.2 Å². The number of hydrogen-bond donors (Lipinski definition) is 2. The first-order chi connectivity index (χ1) is 15.4. The highest BCUT2D eigenvalue weighted by molar-refractivity contribution is 5.96. The van der Waals surface area contributed by atoms with Gasteiger partial charge in [-0.2, -0.15) is 0 Å². The van der Waals surface area contributed by atoms with Gasteiger partial charge in [-0.25, -0.2) is 14.4 Å². The average molecular weight is 437 g/mol. The van der Waals surface area contributed by atoms with E-state index in [0.717, 1.165) is 11.3 Å². The number of hydrogen-bond acceptors (Lipinski definition) is 6. The molecule has 0 amide bonds. The van der Waals surface area contributed by atoms with Gasteiger partial charge in [-0.3, -0.25) is 9.59 Å². The molecule has 3 rings (SSSR count). The Morgan fingerprint density at radius 1 is 1.06 bits per heavy atom. The van der Waals surface area contributed by atoms with Crippen LogP contribution in [0.2, 0.25) is 0 Å². The molecule has 1 aromatic heterocycles. The molecule has 0 radical (unpaired) electrons. The van der Waals surface area contributed by atoms with Crippen LogP contribution in [0.15, 0.2) is 48.8 Å². The smallest absolute Gasteiger partial charge is 0.307 e. The molecule has 0 aliphatic carbocycles. The van der Waals surface area contributed by atoms with Crippen LogP contribution in [0.25, 0.3) is 0 Å². The predicted octanol–water partition coefficient (Wildman–Crippen LogP) is 4.37. The van der Waals surface area contributed by atoms with Gasteiger partial charge in [-0.1, -0.05) is 19.1 Å². The third-order valence-corrected chi connectivity index (χ3v) is 4.93. The molecular weight excluding hydrogens is 413 g/mol. The van der Waals surface area contributed by atoms with Crippen LogP contribution >= 0.6 is 0 Å². The van der Waals surface area contributed by atoms with E-state index in [1.54, 1.807) is 49.6 Å².